The predicted molar refractivity (Wildman–Crippen MR) is 168 cm³/mol. The lowest BCUT2D eigenvalue weighted by Gasteiger charge is -2.42. The summed E-state index contributed by atoms with van der Waals surface area (Å²) in [6, 6.07) is 15.8. The number of pyridine rings is 1. The van der Waals surface area contributed by atoms with E-state index in [1.54, 1.807) is 24.7 Å². The van der Waals surface area contributed by atoms with Crippen molar-refractivity contribution < 1.29 is 9.13 Å². The Balaban J connectivity index is 1.09. The van der Waals surface area contributed by atoms with Crippen LogP contribution in [0.3, 0.4) is 0 Å². The van der Waals surface area contributed by atoms with Gasteiger partial charge in [0.15, 0.2) is 0 Å². The van der Waals surface area contributed by atoms with Gasteiger partial charge in [0.2, 0.25) is 0 Å². The third-order valence-corrected chi connectivity index (χ3v) is 9.10. The van der Waals surface area contributed by atoms with Crippen LogP contribution in [0.15, 0.2) is 61.1 Å². The molecule has 2 N–H and O–H groups in total. The third-order valence-electron chi connectivity index (χ3n) is 8.80. The first-order chi connectivity index (χ1) is 20.3. The topological polar surface area (TPSA) is 67.2 Å². The Labute approximate surface area is 252 Å². The van der Waals surface area contributed by atoms with E-state index in [0.717, 1.165) is 92.1 Å². The van der Waals surface area contributed by atoms with Crippen molar-refractivity contribution >= 4 is 28.5 Å². The third kappa shape index (κ3) is 6.78. The highest BCUT2D eigenvalue weighted by molar-refractivity contribution is 6.33. The molecule has 222 valence electrons. The Morgan fingerprint density at radius 1 is 1.00 bits per heavy atom. The maximum atomic E-state index is 13.7. The molecule has 1 saturated carbocycles. The first-order valence-electron chi connectivity index (χ1n) is 15.0. The van der Waals surface area contributed by atoms with Gasteiger partial charge in [0.05, 0.1) is 35.6 Å². The number of imidazole rings is 1. The second-order valence-corrected chi connectivity index (χ2v) is 12.6. The molecular formula is C33H40ClFN6O. The Morgan fingerprint density at radius 3 is 2.57 bits per heavy atom. The van der Waals surface area contributed by atoms with Crippen LogP contribution < -0.4 is 10.6 Å². The van der Waals surface area contributed by atoms with Crippen LogP contribution in [0.5, 0.6) is 0 Å². The number of rotatable bonds is 9. The zero-order valence-electron chi connectivity index (χ0n) is 24.5. The average molecular weight is 591 g/mol. The second-order valence-electron chi connectivity index (χ2n) is 12.2. The van der Waals surface area contributed by atoms with Crippen LogP contribution in [0.25, 0.3) is 22.2 Å². The second kappa shape index (κ2) is 12.7. The molecule has 0 unspecified atom stereocenters. The van der Waals surface area contributed by atoms with Crippen LogP contribution in [0.4, 0.5) is 10.2 Å². The van der Waals surface area contributed by atoms with E-state index < -0.39 is 0 Å². The monoisotopic (exact) mass is 590 g/mol. The van der Waals surface area contributed by atoms with E-state index in [2.05, 4.69) is 45.4 Å². The highest BCUT2D eigenvalue weighted by atomic mass is 35.5. The molecule has 4 aromatic rings. The number of halogens is 2. The number of nitrogens with one attached hydrogen (secondary N) is 2. The number of fused-ring (bicyclic) bond motifs is 1. The van der Waals surface area contributed by atoms with E-state index in [9.17, 15) is 4.39 Å². The molecular weight excluding hydrogens is 551 g/mol. The molecule has 0 radical (unpaired) electrons. The fourth-order valence-electron chi connectivity index (χ4n) is 6.25. The van der Waals surface area contributed by atoms with Gasteiger partial charge < -0.3 is 19.9 Å². The molecule has 1 aliphatic heterocycles. The van der Waals surface area contributed by atoms with Gasteiger partial charge in [-0.15, -0.1) is 0 Å². The van der Waals surface area contributed by atoms with E-state index in [-0.39, 0.29) is 11.4 Å². The standard InChI is InChI=1S/C33H40ClFN6O/c1-33(2,41-12-14-42-15-13-41)21-37-26-7-9-27(10-8-26)39-32-18-28(29(34)19-36-32)24-6-11-30-31(17-24)40(22-38-30)20-23-4-3-5-25(35)16-23/h3-6,11,16-19,22,26-27,37H,7-10,12-15,20-21H2,1-2H3,(H,36,39). The quantitative estimate of drug-likeness (QED) is 0.236. The molecule has 0 amide bonds. The van der Waals surface area contributed by atoms with Gasteiger partial charge >= 0.3 is 0 Å². The minimum absolute atomic E-state index is 0.128. The molecule has 0 atom stereocenters. The van der Waals surface area contributed by atoms with E-state index in [1.165, 1.54) is 6.07 Å². The lowest BCUT2D eigenvalue weighted by atomic mass is 9.90. The van der Waals surface area contributed by atoms with Crippen molar-refractivity contribution in [3.8, 4) is 11.1 Å². The zero-order chi connectivity index (χ0) is 29.1. The largest absolute Gasteiger partial charge is 0.379 e. The number of benzene rings is 2. The summed E-state index contributed by atoms with van der Waals surface area (Å²) in [6.45, 7) is 9.87. The van der Waals surface area contributed by atoms with E-state index >= 15 is 0 Å². The molecule has 2 aliphatic rings. The molecule has 42 heavy (non-hydrogen) atoms. The number of hydrogen-bond acceptors (Lipinski definition) is 6. The normalized spacial score (nSPS) is 20.2. The van der Waals surface area contributed by atoms with Gasteiger partial charge in [-0.1, -0.05) is 29.8 Å². The van der Waals surface area contributed by atoms with Crippen LogP contribution in [0.2, 0.25) is 5.02 Å². The van der Waals surface area contributed by atoms with Gasteiger partial charge in [-0.05, 0) is 81.0 Å². The number of aromatic nitrogens is 3. The van der Waals surface area contributed by atoms with Crippen molar-refractivity contribution in [2.45, 2.75) is 63.7 Å². The Hall–Kier alpha value is -3.04. The fraction of sp³-hybridized carbons (Fsp3) is 0.455. The maximum Gasteiger partial charge on any atom is 0.126 e. The molecule has 9 heteroatoms. The summed E-state index contributed by atoms with van der Waals surface area (Å²) in [5.41, 5.74) is 4.80. The van der Waals surface area contributed by atoms with Gasteiger partial charge in [0.1, 0.15) is 11.6 Å². The van der Waals surface area contributed by atoms with Crippen molar-refractivity contribution in [3.05, 3.63) is 77.5 Å². The molecule has 0 spiro atoms. The Bertz CT molecular complexity index is 1510. The van der Waals surface area contributed by atoms with Crippen molar-refractivity contribution in [3.63, 3.8) is 0 Å². The molecule has 2 aromatic carbocycles. The predicted octanol–water partition coefficient (Wildman–Crippen LogP) is 6.36. The van der Waals surface area contributed by atoms with E-state index in [0.29, 0.717) is 23.7 Å². The number of hydrogen-bond donors (Lipinski definition) is 2. The molecule has 1 saturated heterocycles. The molecule has 3 heterocycles. The zero-order valence-corrected chi connectivity index (χ0v) is 25.2. The van der Waals surface area contributed by atoms with Gasteiger partial charge in [-0.2, -0.15) is 0 Å². The SMILES string of the molecule is CC(C)(CNC1CCC(Nc2cc(-c3ccc4ncn(Cc5cccc(F)c5)c4c3)c(Cl)cn2)CC1)N1CCOCC1. The van der Waals surface area contributed by atoms with Crippen LogP contribution in [0, 0.1) is 5.82 Å². The highest BCUT2D eigenvalue weighted by Gasteiger charge is 2.30. The number of morpholine rings is 1. The highest BCUT2D eigenvalue weighted by Crippen LogP contribution is 2.32. The van der Waals surface area contributed by atoms with Gasteiger partial charge in [-0.3, -0.25) is 4.90 Å². The van der Waals surface area contributed by atoms with Gasteiger partial charge in [-0.25, -0.2) is 14.4 Å². The molecule has 7 nitrogen and oxygen atoms in total. The van der Waals surface area contributed by atoms with Gasteiger partial charge in [0.25, 0.3) is 0 Å². The summed E-state index contributed by atoms with van der Waals surface area (Å²) >= 11 is 6.66. The lowest BCUT2D eigenvalue weighted by Crippen LogP contribution is -2.56. The first kappa shape index (κ1) is 29.1. The van der Waals surface area contributed by atoms with Crippen molar-refractivity contribution in [2.24, 2.45) is 0 Å². The van der Waals surface area contributed by atoms with Crippen molar-refractivity contribution in [2.75, 3.05) is 38.2 Å². The summed E-state index contributed by atoms with van der Waals surface area (Å²) in [7, 11) is 0. The van der Waals surface area contributed by atoms with Crippen LogP contribution in [0.1, 0.15) is 45.1 Å². The minimum Gasteiger partial charge on any atom is -0.379 e. The Kier molecular flexibility index (Phi) is 8.77. The van der Waals surface area contributed by atoms with Crippen molar-refractivity contribution in [1.82, 2.24) is 24.8 Å². The lowest BCUT2D eigenvalue weighted by molar-refractivity contribution is -0.0107. The Morgan fingerprint density at radius 2 is 1.79 bits per heavy atom. The summed E-state index contributed by atoms with van der Waals surface area (Å²) in [4.78, 5) is 11.7. The van der Waals surface area contributed by atoms with E-state index in [4.69, 9.17) is 16.3 Å². The number of ether oxygens (including phenoxy) is 1. The summed E-state index contributed by atoms with van der Waals surface area (Å²) in [5, 5.41) is 8.12. The van der Waals surface area contributed by atoms with Crippen LogP contribution in [-0.4, -0.2) is 69.9 Å². The van der Waals surface area contributed by atoms with Crippen LogP contribution >= 0.6 is 11.6 Å². The number of nitrogens with zero attached hydrogens (tertiary/aromatic N) is 4. The summed E-state index contributed by atoms with van der Waals surface area (Å²) in [6.07, 6.45) is 8.01. The summed E-state index contributed by atoms with van der Waals surface area (Å²) < 4.78 is 21.3. The molecule has 6 rings (SSSR count). The fourth-order valence-corrected chi connectivity index (χ4v) is 6.46. The average Bonchev–Trinajstić information content (AvgIpc) is 3.40. The smallest absolute Gasteiger partial charge is 0.126 e. The van der Waals surface area contributed by atoms with Gasteiger partial charge in [0, 0.05) is 55.6 Å². The number of anilines is 1. The minimum atomic E-state index is -0.237. The van der Waals surface area contributed by atoms with E-state index in [1.807, 2.05) is 28.8 Å². The molecule has 0 bridgehead atoms. The summed E-state index contributed by atoms with van der Waals surface area (Å²) in [5.74, 6) is 0.603. The van der Waals surface area contributed by atoms with Crippen molar-refractivity contribution in [1.29, 1.82) is 0 Å². The maximum absolute atomic E-state index is 13.7. The molecule has 2 aromatic heterocycles. The molecule has 2 fully saturated rings. The molecule has 1 aliphatic carbocycles. The van der Waals surface area contributed by atoms with Crippen LogP contribution in [-0.2, 0) is 11.3 Å². The first-order valence-corrected chi connectivity index (χ1v) is 15.4.